The zero-order valence-electron chi connectivity index (χ0n) is 24.5. The highest BCUT2D eigenvalue weighted by molar-refractivity contribution is 5.68. The predicted octanol–water partition coefficient (Wildman–Crippen LogP) is 6.75. The molecule has 0 aromatic heterocycles. The molecule has 0 aliphatic heterocycles. The Morgan fingerprint density at radius 3 is 2.23 bits per heavy atom. The molecule has 0 saturated heterocycles. The maximum atomic E-state index is 13.9. The van der Waals surface area contributed by atoms with E-state index in [0.29, 0.717) is 11.5 Å². The minimum atomic E-state index is -1.04. The number of ether oxygens (including phenoxy) is 1. The number of alkyl carbamates (subject to hydrolysis) is 1. The summed E-state index contributed by atoms with van der Waals surface area (Å²) >= 11 is 0. The fourth-order valence-corrected chi connectivity index (χ4v) is 5.27. The Kier molecular flexibility index (Phi) is 9.82. The van der Waals surface area contributed by atoms with Crippen LogP contribution in [0.1, 0.15) is 90.8 Å². The van der Waals surface area contributed by atoms with Gasteiger partial charge in [-0.05, 0) is 93.0 Å². The van der Waals surface area contributed by atoms with E-state index in [1.807, 2.05) is 0 Å². The number of benzene rings is 2. The molecule has 2 aromatic carbocycles. The van der Waals surface area contributed by atoms with Crippen molar-refractivity contribution in [2.24, 2.45) is 5.92 Å². The lowest BCUT2D eigenvalue weighted by Gasteiger charge is -2.42. The zero-order valence-corrected chi connectivity index (χ0v) is 24.5. The summed E-state index contributed by atoms with van der Waals surface area (Å²) in [6.45, 7) is 14.3. The van der Waals surface area contributed by atoms with Gasteiger partial charge >= 0.3 is 6.09 Å². The average Bonchev–Trinajstić information content (AvgIpc) is 2.81. The van der Waals surface area contributed by atoms with E-state index >= 15 is 0 Å². The van der Waals surface area contributed by atoms with Gasteiger partial charge < -0.3 is 20.5 Å². The molecule has 5 nitrogen and oxygen atoms in total. The Labute approximate surface area is 232 Å². The molecular formula is C32H46F2N2O3. The van der Waals surface area contributed by atoms with Crippen LogP contribution in [0.25, 0.3) is 0 Å². The number of carbonyl (C=O) groups excluding carboxylic acids is 1. The molecule has 3 rings (SSSR count). The minimum Gasteiger partial charge on any atom is -0.444 e. The largest absolute Gasteiger partial charge is 0.444 e. The van der Waals surface area contributed by atoms with Crippen LogP contribution in [-0.4, -0.2) is 35.5 Å². The normalized spacial score (nSPS) is 21.7. The van der Waals surface area contributed by atoms with Crippen molar-refractivity contribution in [3.05, 3.63) is 70.8 Å². The van der Waals surface area contributed by atoms with E-state index < -0.39 is 35.5 Å². The van der Waals surface area contributed by atoms with Gasteiger partial charge in [0.2, 0.25) is 0 Å². The summed E-state index contributed by atoms with van der Waals surface area (Å²) in [5.41, 5.74) is 1.73. The van der Waals surface area contributed by atoms with Gasteiger partial charge in [0.1, 0.15) is 17.2 Å². The first-order valence-corrected chi connectivity index (χ1v) is 14.0. The Bertz CT molecular complexity index is 1090. The number of nitrogens with one attached hydrogen (secondary N) is 2. The van der Waals surface area contributed by atoms with Gasteiger partial charge in [-0.3, -0.25) is 0 Å². The van der Waals surface area contributed by atoms with E-state index in [0.717, 1.165) is 31.7 Å². The molecule has 1 fully saturated rings. The Balaban J connectivity index is 1.85. The highest BCUT2D eigenvalue weighted by Crippen LogP contribution is 2.40. The van der Waals surface area contributed by atoms with Crippen LogP contribution in [0.15, 0.2) is 42.5 Å². The number of aliphatic hydroxyl groups is 1. The lowest BCUT2D eigenvalue weighted by atomic mass is 9.72. The summed E-state index contributed by atoms with van der Waals surface area (Å²) < 4.78 is 33.2. The smallest absolute Gasteiger partial charge is 0.407 e. The van der Waals surface area contributed by atoms with Gasteiger partial charge in [-0.25, -0.2) is 13.6 Å². The van der Waals surface area contributed by atoms with Crippen LogP contribution in [0.3, 0.4) is 0 Å². The van der Waals surface area contributed by atoms with E-state index in [9.17, 15) is 18.7 Å². The highest BCUT2D eigenvalue weighted by Gasteiger charge is 2.37. The molecule has 0 bridgehead atoms. The van der Waals surface area contributed by atoms with Crippen molar-refractivity contribution in [3.8, 4) is 0 Å². The summed E-state index contributed by atoms with van der Waals surface area (Å²) in [6.07, 6.45) is 2.28. The molecule has 0 unspecified atom stereocenters. The van der Waals surface area contributed by atoms with Crippen LogP contribution in [0, 0.1) is 17.6 Å². The van der Waals surface area contributed by atoms with Gasteiger partial charge in [-0.15, -0.1) is 0 Å². The van der Waals surface area contributed by atoms with Gasteiger partial charge in [-0.1, -0.05) is 52.0 Å². The van der Waals surface area contributed by atoms with Crippen molar-refractivity contribution in [2.75, 3.05) is 6.54 Å². The Morgan fingerprint density at radius 2 is 1.67 bits per heavy atom. The molecule has 1 amide bonds. The van der Waals surface area contributed by atoms with E-state index in [1.54, 1.807) is 20.8 Å². The molecule has 216 valence electrons. The fraction of sp³-hybridized carbons (Fsp3) is 0.594. The van der Waals surface area contributed by atoms with Crippen molar-refractivity contribution < 1.29 is 23.4 Å². The topological polar surface area (TPSA) is 70.6 Å². The van der Waals surface area contributed by atoms with E-state index in [4.69, 9.17) is 4.74 Å². The first-order chi connectivity index (χ1) is 18.1. The monoisotopic (exact) mass is 544 g/mol. The summed E-state index contributed by atoms with van der Waals surface area (Å²) in [5.74, 6) is -0.787. The van der Waals surface area contributed by atoms with Crippen LogP contribution >= 0.6 is 0 Å². The third kappa shape index (κ3) is 9.00. The van der Waals surface area contributed by atoms with Crippen LogP contribution in [0.2, 0.25) is 0 Å². The van der Waals surface area contributed by atoms with Crippen LogP contribution in [0.4, 0.5) is 13.6 Å². The molecular weight excluding hydrogens is 498 g/mol. The number of hydrogen-bond donors (Lipinski definition) is 3. The van der Waals surface area contributed by atoms with E-state index in [1.165, 1.54) is 23.3 Å². The van der Waals surface area contributed by atoms with Crippen molar-refractivity contribution in [1.29, 1.82) is 0 Å². The van der Waals surface area contributed by atoms with Gasteiger partial charge in [0.05, 0.1) is 12.1 Å². The van der Waals surface area contributed by atoms with Crippen molar-refractivity contribution in [3.63, 3.8) is 0 Å². The third-order valence-corrected chi connectivity index (χ3v) is 7.60. The SMILES string of the molecule is CC1CCC(NC[C@@H](O)[C@H](Cc2cc(F)cc(F)c2)NC(=O)OC(C)(C)C)(c2cccc(C(C)(C)C)c2)CC1. The van der Waals surface area contributed by atoms with Gasteiger partial charge in [0.15, 0.2) is 0 Å². The Hall–Kier alpha value is -2.51. The van der Waals surface area contributed by atoms with Gasteiger partial charge in [0, 0.05) is 18.2 Å². The van der Waals surface area contributed by atoms with Crippen LogP contribution in [0.5, 0.6) is 0 Å². The number of aliphatic hydroxyl groups excluding tert-OH is 1. The van der Waals surface area contributed by atoms with Crippen LogP contribution in [-0.2, 0) is 22.1 Å². The lowest BCUT2D eigenvalue weighted by molar-refractivity contribution is 0.0405. The first kappa shape index (κ1) is 31.0. The second kappa shape index (κ2) is 12.3. The summed E-state index contributed by atoms with van der Waals surface area (Å²) in [5, 5.41) is 17.8. The number of halogens is 2. The van der Waals surface area contributed by atoms with E-state index in [-0.39, 0.29) is 23.9 Å². The quantitative estimate of drug-likeness (QED) is 0.344. The molecule has 1 saturated carbocycles. The van der Waals surface area contributed by atoms with Crippen molar-refractivity contribution in [2.45, 2.75) is 109 Å². The van der Waals surface area contributed by atoms with Gasteiger partial charge in [-0.2, -0.15) is 0 Å². The molecule has 39 heavy (non-hydrogen) atoms. The summed E-state index contributed by atoms with van der Waals surface area (Å²) in [7, 11) is 0. The average molecular weight is 545 g/mol. The highest BCUT2D eigenvalue weighted by atomic mass is 19.1. The number of hydrogen-bond acceptors (Lipinski definition) is 4. The molecule has 1 aliphatic carbocycles. The Morgan fingerprint density at radius 1 is 1.05 bits per heavy atom. The molecule has 0 heterocycles. The summed E-state index contributed by atoms with van der Waals surface area (Å²) in [4.78, 5) is 12.6. The molecule has 3 N–H and O–H groups in total. The van der Waals surface area contributed by atoms with Crippen LogP contribution < -0.4 is 10.6 Å². The van der Waals surface area contributed by atoms with Crippen molar-refractivity contribution in [1.82, 2.24) is 10.6 Å². The summed E-state index contributed by atoms with van der Waals surface area (Å²) in [6, 6.07) is 11.1. The van der Waals surface area contributed by atoms with E-state index in [2.05, 4.69) is 62.6 Å². The standard InChI is InChI=1S/C32H46F2N2O3/c1-21-11-13-32(14-12-21,24-10-8-9-23(18-24)30(2,3)4)35-20-28(37)27(36-29(38)39-31(5,6)7)17-22-15-25(33)19-26(34)16-22/h8-10,15-16,18-19,21,27-28,35,37H,11-14,17,20H2,1-7H3,(H,36,38)/t21?,27-,28+,32?/m0/s1. The molecule has 1 aliphatic rings. The minimum absolute atomic E-state index is 0.00132. The molecule has 2 aromatic rings. The lowest BCUT2D eigenvalue weighted by Crippen LogP contribution is -2.54. The fourth-order valence-electron chi connectivity index (χ4n) is 5.27. The first-order valence-electron chi connectivity index (χ1n) is 14.0. The maximum absolute atomic E-state index is 13.9. The number of carbonyl (C=O) groups is 1. The third-order valence-electron chi connectivity index (χ3n) is 7.60. The molecule has 7 heteroatoms. The molecule has 0 radical (unpaired) electrons. The maximum Gasteiger partial charge on any atom is 0.407 e. The molecule has 2 atom stereocenters. The second-order valence-electron chi connectivity index (χ2n) is 13.3. The zero-order chi connectivity index (χ0) is 29.0. The number of amides is 1. The van der Waals surface area contributed by atoms with Crippen molar-refractivity contribution >= 4 is 6.09 Å². The molecule has 0 spiro atoms. The van der Waals surface area contributed by atoms with Gasteiger partial charge in [0.25, 0.3) is 0 Å². The second-order valence-corrected chi connectivity index (χ2v) is 13.3. The predicted molar refractivity (Wildman–Crippen MR) is 152 cm³/mol. The number of rotatable bonds is 8.